The SMILES string of the molecule is COc1ccc([C@H]2CCCCN(C(=O)Nc3ccccc3C(F)(F)F)C2)cc1. The largest absolute Gasteiger partial charge is 0.497 e. The van der Waals surface area contributed by atoms with Crippen molar-refractivity contribution in [2.45, 2.75) is 31.4 Å². The third kappa shape index (κ3) is 4.77. The fourth-order valence-electron chi connectivity index (χ4n) is 3.51. The van der Waals surface area contributed by atoms with Gasteiger partial charge in [0.05, 0.1) is 18.4 Å². The van der Waals surface area contributed by atoms with Crippen molar-refractivity contribution in [1.29, 1.82) is 0 Å². The predicted octanol–water partition coefficient (Wildman–Crippen LogP) is 5.52. The lowest BCUT2D eigenvalue weighted by atomic mass is 9.94. The number of urea groups is 1. The molecule has 0 unspecified atom stereocenters. The maximum absolute atomic E-state index is 13.2. The highest BCUT2D eigenvalue weighted by Crippen LogP contribution is 2.35. The molecule has 0 saturated carbocycles. The number of alkyl halides is 3. The Morgan fingerprint density at radius 3 is 2.50 bits per heavy atom. The molecule has 0 radical (unpaired) electrons. The molecule has 2 aromatic rings. The van der Waals surface area contributed by atoms with Crippen LogP contribution >= 0.6 is 0 Å². The number of nitrogens with zero attached hydrogens (tertiary/aromatic N) is 1. The van der Waals surface area contributed by atoms with Gasteiger partial charge in [0.1, 0.15) is 5.75 Å². The molecule has 4 nitrogen and oxygen atoms in total. The number of methoxy groups -OCH3 is 1. The number of likely N-dealkylation sites (tertiary alicyclic amines) is 1. The van der Waals surface area contributed by atoms with Crippen LogP contribution in [-0.4, -0.2) is 31.1 Å². The van der Waals surface area contributed by atoms with Gasteiger partial charge in [0.2, 0.25) is 0 Å². The first-order valence-electron chi connectivity index (χ1n) is 9.24. The van der Waals surface area contributed by atoms with E-state index in [0.29, 0.717) is 13.1 Å². The van der Waals surface area contributed by atoms with Gasteiger partial charge in [0.25, 0.3) is 0 Å². The molecule has 1 fully saturated rings. The van der Waals surface area contributed by atoms with E-state index in [4.69, 9.17) is 4.74 Å². The molecule has 0 aromatic heterocycles. The van der Waals surface area contributed by atoms with Crippen LogP contribution in [0.1, 0.15) is 36.3 Å². The van der Waals surface area contributed by atoms with Crippen LogP contribution in [0, 0.1) is 0 Å². The van der Waals surface area contributed by atoms with Gasteiger partial charge in [-0.2, -0.15) is 13.2 Å². The van der Waals surface area contributed by atoms with Crippen LogP contribution in [0.15, 0.2) is 48.5 Å². The average molecular weight is 392 g/mol. The number of para-hydroxylation sites is 1. The number of carbonyl (C=O) groups is 1. The van der Waals surface area contributed by atoms with Gasteiger partial charge in [-0.05, 0) is 42.7 Å². The minimum Gasteiger partial charge on any atom is -0.497 e. The summed E-state index contributed by atoms with van der Waals surface area (Å²) >= 11 is 0. The second-order valence-corrected chi connectivity index (χ2v) is 6.89. The molecule has 1 N–H and O–H groups in total. The number of benzene rings is 2. The van der Waals surface area contributed by atoms with Crippen molar-refractivity contribution in [1.82, 2.24) is 4.90 Å². The molecule has 2 amide bonds. The molecule has 1 saturated heterocycles. The normalized spacial score (nSPS) is 17.7. The summed E-state index contributed by atoms with van der Waals surface area (Å²) in [7, 11) is 1.60. The van der Waals surface area contributed by atoms with E-state index in [2.05, 4.69) is 5.32 Å². The van der Waals surface area contributed by atoms with E-state index < -0.39 is 17.8 Å². The van der Waals surface area contributed by atoms with Crippen LogP contribution in [0.25, 0.3) is 0 Å². The van der Waals surface area contributed by atoms with E-state index in [1.54, 1.807) is 12.0 Å². The molecule has 1 atom stereocenters. The Hall–Kier alpha value is -2.70. The van der Waals surface area contributed by atoms with E-state index in [1.807, 2.05) is 24.3 Å². The number of anilines is 1. The van der Waals surface area contributed by atoms with E-state index in [1.165, 1.54) is 18.2 Å². The second-order valence-electron chi connectivity index (χ2n) is 6.89. The molecule has 3 rings (SSSR count). The smallest absolute Gasteiger partial charge is 0.418 e. The first kappa shape index (κ1) is 20.0. The Morgan fingerprint density at radius 1 is 1.11 bits per heavy atom. The number of nitrogens with one attached hydrogen (secondary N) is 1. The van der Waals surface area contributed by atoms with Crippen molar-refractivity contribution in [3.8, 4) is 5.75 Å². The maximum atomic E-state index is 13.2. The van der Waals surface area contributed by atoms with Crippen LogP contribution in [0.5, 0.6) is 5.75 Å². The summed E-state index contributed by atoms with van der Waals surface area (Å²) in [5, 5.41) is 2.45. The van der Waals surface area contributed by atoms with Crippen LogP contribution in [0.2, 0.25) is 0 Å². The zero-order chi connectivity index (χ0) is 20.1. The molecular weight excluding hydrogens is 369 g/mol. The second kappa shape index (κ2) is 8.54. The third-order valence-corrected chi connectivity index (χ3v) is 5.02. The fourth-order valence-corrected chi connectivity index (χ4v) is 3.51. The van der Waals surface area contributed by atoms with E-state index in [-0.39, 0.29) is 11.6 Å². The summed E-state index contributed by atoms with van der Waals surface area (Å²) in [6.45, 7) is 0.985. The van der Waals surface area contributed by atoms with Gasteiger partial charge < -0.3 is 15.0 Å². The molecule has 0 bridgehead atoms. The molecule has 1 heterocycles. The number of rotatable bonds is 3. The topological polar surface area (TPSA) is 41.6 Å². The zero-order valence-electron chi connectivity index (χ0n) is 15.6. The lowest BCUT2D eigenvalue weighted by Crippen LogP contribution is -2.37. The van der Waals surface area contributed by atoms with Crippen molar-refractivity contribution in [2.24, 2.45) is 0 Å². The van der Waals surface area contributed by atoms with Gasteiger partial charge in [-0.15, -0.1) is 0 Å². The molecular formula is C21H23F3N2O2. The van der Waals surface area contributed by atoms with E-state index >= 15 is 0 Å². The van der Waals surface area contributed by atoms with Crippen molar-refractivity contribution < 1.29 is 22.7 Å². The summed E-state index contributed by atoms with van der Waals surface area (Å²) in [6, 6.07) is 12.2. The van der Waals surface area contributed by atoms with Gasteiger partial charge in [0, 0.05) is 19.0 Å². The average Bonchev–Trinajstić information content (AvgIpc) is 2.94. The first-order valence-corrected chi connectivity index (χ1v) is 9.24. The summed E-state index contributed by atoms with van der Waals surface area (Å²) < 4.78 is 44.7. The monoisotopic (exact) mass is 392 g/mol. The number of amides is 2. The summed E-state index contributed by atoms with van der Waals surface area (Å²) in [4.78, 5) is 14.3. The Kier molecular flexibility index (Phi) is 6.11. The number of ether oxygens (including phenoxy) is 1. The minimum absolute atomic E-state index is 0.136. The van der Waals surface area contributed by atoms with Gasteiger partial charge in [0.15, 0.2) is 0 Å². The molecule has 28 heavy (non-hydrogen) atoms. The Morgan fingerprint density at radius 2 is 1.82 bits per heavy atom. The van der Waals surface area contributed by atoms with Crippen LogP contribution in [-0.2, 0) is 6.18 Å². The fraction of sp³-hybridized carbons (Fsp3) is 0.381. The summed E-state index contributed by atoms with van der Waals surface area (Å²) in [6.07, 6.45) is -1.82. The Bertz CT molecular complexity index is 806. The Balaban J connectivity index is 1.74. The van der Waals surface area contributed by atoms with Crippen LogP contribution < -0.4 is 10.1 Å². The van der Waals surface area contributed by atoms with Crippen molar-refractivity contribution in [3.63, 3.8) is 0 Å². The predicted molar refractivity (Wildman–Crippen MR) is 102 cm³/mol. The molecule has 0 spiro atoms. The maximum Gasteiger partial charge on any atom is 0.418 e. The molecule has 0 aliphatic carbocycles. The molecule has 2 aromatic carbocycles. The van der Waals surface area contributed by atoms with Crippen molar-refractivity contribution in [3.05, 3.63) is 59.7 Å². The zero-order valence-corrected chi connectivity index (χ0v) is 15.6. The van der Waals surface area contributed by atoms with Crippen LogP contribution in [0.4, 0.5) is 23.7 Å². The number of hydrogen-bond donors (Lipinski definition) is 1. The third-order valence-electron chi connectivity index (χ3n) is 5.02. The lowest BCUT2D eigenvalue weighted by molar-refractivity contribution is -0.136. The Labute approximate surface area is 162 Å². The molecule has 1 aliphatic heterocycles. The standard InChI is InChI=1S/C21H23F3N2O2/c1-28-17-11-9-15(10-12-17)16-6-4-5-13-26(14-16)20(27)25-19-8-3-2-7-18(19)21(22,23)24/h2-3,7-12,16H,4-6,13-14H2,1H3,(H,25,27)/t16-/m0/s1. The molecule has 150 valence electrons. The highest BCUT2D eigenvalue weighted by molar-refractivity contribution is 5.90. The highest BCUT2D eigenvalue weighted by atomic mass is 19.4. The quantitative estimate of drug-likeness (QED) is 0.748. The van der Waals surface area contributed by atoms with Crippen LogP contribution in [0.3, 0.4) is 0 Å². The van der Waals surface area contributed by atoms with Gasteiger partial charge in [-0.25, -0.2) is 4.79 Å². The van der Waals surface area contributed by atoms with Gasteiger partial charge >= 0.3 is 12.2 Å². The molecule has 1 aliphatic rings. The van der Waals surface area contributed by atoms with Crippen molar-refractivity contribution in [2.75, 3.05) is 25.5 Å². The van der Waals surface area contributed by atoms with E-state index in [9.17, 15) is 18.0 Å². The number of carbonyl (C=O) groups excluding carboxylic acids is 1. The lowest BCUT2D eigenvalue weighted by Gasteiger charge is -2.26. The highest BCUT2D eigenvalue weighted by Gasteiger charge is 2.34. The number of halogens is 3. The first-order chi connectivity index (χ1) is 13.4. The minimum atomic E-state index is -4.52. The van der Waals surface area contributed by atoms with Gasteiger partial charge in [-0.3, -0.25) is 0 Å². The summed E-state index contributed by atoms with van der Waals surface area (Å²) in [5.74, 6) is 0.896. The van der Waals surface area contributed by atoms with Crippen molar-refractivity contribution >= 4 is 11.7 Å². The van der Waals surface area contributed by atoms with E-state index in [0.717, 1.165) is 36.6 Å². The summed E-state index contributed by atoms with van der Waals surface area (Å²) in [5.41, 5.74) is 0.0336. The number of hydrogen-bond acceptors (Lipinski definition) is 2. The van der Waals surface area contributed by atoms with Gasteiger partial charge in [-0.1, -0.05) is 30.7 Å². The molecule has 7 heteroatoms.